The third kappa shape index (κ3) is 2.48. The number of carbonyl (C=O) groups excluding carboxylic acids is 1. The molecule has 0 atom stereocenters. The van der Waals surface area contributed by atoms with E-state index in [0.29, 0.717) is 11.1 Å². The van der Waals surface area contributed by atoms with Crippen LogP contribution in [0.5, 0.6) is 0 Å². The van der Waals surface area contributed by atoms with Gasteiger partial charge in [-0.2, -0.15) is 0 Å². The Kier molecular flexibility index (Phi) is 3.46. The molecule has 0 bridgehead atoms. The lowest BCUT2D eigenvalue weighted by Gasteiger charge is -2.04. The van der Waals surface area contributed by atoms with Crippen molar-refractivity contribution >= 4 is 16.9 Å². The van der Waals surface area contributed by atoms with E-state index in [-0.39, 0.29) is 23.4 Å². The Morgan fingerprint density at radius 3 is 2.95 bits per heavy atom. The second-order valence-electron chi connectivity index (χ2n) is 4.60. The molecule has 0 spiro atoms. The average molecular weight is 302 g/mol. The average Bonchev–Trinajstić information content (AvgIpc) is 2.98. The summed E-state index contributed by atoms with van der Waals surface area (Å²) in [7, 11) is 1.25. The van der Waals surface area contributed by atoms with E-state index in [9.17, 15) is 14.0 Å². The van der Waals surface area contributed by atoms with Crippen molar-refractivity contribution in [2.24, 2.45) is 0 Å². The van der Waals surface area contributed by atoms with Gasteiger partial charge < -0.3 is 9.15 Å². The van der Waals surface area contributed by atoms with Crippen LogP contribution in [0.4, 0.5) is 4.39 Å². The summed E-state index contributed by atoms with van der Waals surface area (Å²) in [5, 5.41) is 0.309. The third-order valence-electron chi connectivity index (χ3n) is 3.16. The molecule has 0 unspecified atom stereocenters. The molecule has 2 heterocycles. The first kappa shape index (κ1) is 14.0. The van der Waals surface area contributed by atoms with Crippen LogP contribution < -0.4 is 5.56 Å². The summed E-state index contributed by atoms with van der Waals surface area (Å²) >= 11 is 0. The molecule has 0 N–H and O–H groups in total. The van der Waals surface area contributed by atoms with E-state index in [1.807, 2.05) is 0 Å². The van der Waals surface area contributed by atoms with E-state index in [0.717, 1.165) is 0 Å². The fraction of sp³-hybridized carbons (Fsp3) is 0.133. The molecular weight excluding hydrogens is 291 g/mol. The number of benzene rings is 1. The molecule has 0 aliphatic rings. The normalized spacial score (nSPS) is 10.8. The maximum atomic E-state index is 13.1. The smallest absolute Gasteiger partial charge is 0.373 e. The maximum absolute atomic E-state index is 13.1. The summed E-state index contributed by atoms with van der Waals surface area (Å²) < 4.78 is 24.3. The minimum atomic E-state index is -0.592. The Labute approximate surface area is 123 Å². The van der Waals surface area contributed by atoms with Crippen molar-refractivity contribution in [3.05, 3.63) is 64.4 Å². The van der Waals surface area contributed by atoms with Gasteiger partial charge in [-0.15, -0.1) is 0 Å². The van der Waals surface area contributed by atoms with Gasteiger partial charge in [0.15, 0.2) is 0 Å². The van der Waals surface area contributed by atoms with Crippen LogP contribution in [0.3, 0.4) is 0 Å². The molecule has 3 aromatic rings. The summed E-state index contributed by atoms with van der Waals surface area (Å²) in [5.41, 5.74) is -0.0306. The number of hydrogen-bond acceptors (Lipinski definition) is 5. The lowest BCUT2D eigenvalue weighted by Crippen LogP contribution is -2.21. The van der Waals surface area contributed by atoms with Crippen LogP contribution in [0.15, 0.2) is 45.9 Å². The van der Waals surface area contributed by atoms with Crippen molar-refractivity contribution in [3.8, 4) is 0 Å². The number of rotatable bonds is 3. The third-order valence-corrected chi connectivity index (χ3v) is 3.16. The minimum Gasteiger partial charge on any atom is -0.463 e. The predicted octanol–water partition coefficient (Wildman–Crippen LogP) is 1.96. The van der Waals surface area contributed by atoms with Gasteiger partial charge in [0, 0.05) is 6.07 Å². The highest BCUT2D eigenvalue weighted by Gasteiger charge is 2.12. The molecule has 2 aromatic heterocycles. The van der Waals surface area contributed by atoms with E-state index >= 15 is 0 Å². The monoisotopic (exact) mass is 302 g/mol. The molecule has 112 valence electrons. The fourth-order valence-electron chi connectivity index (χ4n) is 2.09. The molecule has 1 aromatic carbocycles. The molecule has 0 aliphatic heterocycles. The molecule has 0 fully saturated rings. The lowest BCUT2D eigenvalue weighted by molar-refractivity contribution is 0.0563. The summed E-state index contributed by atoms with van der Waals surface area (Å²) in [6.45, 7) is 0.107. The summed E-state index contributed by atoms with van der Waals surface area (Å²) in [4.78, 5) is 27.7. The Hall–Kier alpha value is -2.96. The number of methoxy groups -OCH3 is 1. The van der Waals surface area contributed by atoms with Crippen LogP contribution in [-0.4, -0.2) is 22.6 Å². The number of fused-ring (bicyclic) bond motifs is 1. The fourth-order valence-corrected chi connectivity index (χ4v) is 2.09. The Morgan fingerprint density at radius 2 is 2.18 bits per heavy atom. The molecular formula is C15H11FN2O4. The molecule has 22 heavy (non-hydrogen) atoms. The van der Waals surface area contributed by atoms with Gasteiger partial charge in [-0.1, -0.05) is 0 Å². The van der Waals surface area contributed by atoms with Crippen LogP contribution in [0.2, 0.25) is 0 Å². The molecule has 3 rings (SSSR count). The lowest BCUT2D eigenvalue weighted by atomic mass is 10.2. The Bertz CT molecular complexity index is 913. The first-order chi connectivity index (χ1) is 10.6. The number of aromatic nitrogens is 2. The highest BCUT2D eigenvalue weighted by molar-refractivity contribution is 5.86. The second-order valence-corrected chi connectivity index (χ2v) is 4.60. The van der Waals surface area contributed by atoms with Crippen molar-refractivity contribution in [3.63, 3.8) is 0 Å². The van der Waals surface area contributed by atoms with E-state index in [1.54, 1.807) is 6.07 Å². The Balaban J connectivity index is 1.96. The number of furan rings is 1. The molecule has 0 aliphatic carbocycles. The van der Waals surface area contributed by atoms with Crippen molar-refractivity contribution in [1.82, 2.24) is 9.55 Å². The Morgan fingerprint density at radius 1 is 1.36 bits per heavy atom. The van der Waals surface area contributed by atoms with Crippen molar-refractivity contribution < 1.29 is 18.3 Å². The zero-order valence-corrected chi connectivity index (χ0v) is 11.6. The first-order valence-corrected chi connectivity index (χ1v) is 6.40. The van der Waals surface area contributed by atoms with Crippen molar-refractivity contribution in [2.75, 3.05) is 7.11 Å². The van der Waals surface area contributed by atoms with Crippen LogP contribution >= 0.6 is 0 Å². The van der Waals surface area contributed by atoms with Crippen molar-refractivity contribution in [2.45, 2.75) is 6.54 Å². The van der Waals surface area contributed by atoms with Gasteiger partial charge in [0.2, 0.25) is 5.76 Å². The standard InChI is InChI=1S/C15H11FN2O4/c1-21-15(20)13-5-3-10(22-13)7-18-8-17-12-6-9(16)2-4-11(12)14(18)19/h2-6,8H,7H2,1H3. The second kappa shape index (κ2) is 5.44. The summed E-state index contributed by atoms with van der Waals surface area (Å²) in [6, 6.07) is 6.84. The number of halogens is 1. The first-order valence-electron chi connectivity index (χ1n) is 6.40. The molecule has 0 saturated heterocycles. The zero-order chi connectivity index (χ0) is 15.7. The van der Waals surface area contributed by atoms with Gasteiger partial charge in [0.25, 0.3) is 5.56 Å². The van der Waals surface area contributed by atoms with Crippen LogP contribution in [0, 0.1) is 5.82 Å². The molecule has 0 radical (unpaired) electrons. The number of ether oxygens (including phenoxy) is 1. The summed E-state index contributed by atoms with van der Waals surface area (Å²) in [6.07, 6.45) is 1.31. The number of nitrogens with zero attached hydrogens (tertiary/aromatic N) is 2. The van der Waals surface area contributed by atoms with Gasteiger partial charge in [-0.05, 0) is 24.3 Å². The molecule has 6 nitrogen and oxygen atoms in total. The number of hydrogen-bond donors (Lipinski definition) is 0. The maximum Gasteiger partial charge on any atom is 0.373 e. The van der Waals surface area contributed by atoms with Gasteiger partial charge in [-0.3, -0.25) is 9.36 Å². The van der Waals surface area contributed by atoms with Crippen LogP contribution in [0.1, 0.15) is 16.3 Å². The highest BCUT2D eigenvalue weighted by atomic mass is 19.1. The van der Waals surface area contributed by atoms with Crippen molar-refractivity contribution in [1.29, 1.82) is 0 Å². The topological polar surface area (TPSA) is 74.3 Å². The van der Waals surface area contributed by atoms with Crippen LogP contribution in [0.25, 0.3) is 10.9 Å². The number of esters is 1. The van der Waals surface area contributed by atoms with Gasteiger partial charge in [0.05, 0.1) is 30.9 Å². The zero-order valence-electron chi connectivity index (χ0n) is 11.6. The van der Waals surface area contributed by atoms with Crippen LogP contribution in [-0.2, 0) is 11.3 Å². The largest absolute Gasteiger partial charge is 0.463 e. The highest BCUT2D eigenvalue weighted by Crippen LogP contribution is 2.12. The SMILES string of the molecule is COC(=O)c1ccc(Cn2cnc3cc(F)ccc3c2=O)o1. The van der Waals surface area contributed by atoms with Gasteiger partial charge in [-0.25, -0.2) is 14.2 Å². The predicted molar refractivity (Wildman–Crippen MR) is 75.1 cm³/mol. The van der Waals surface area contributed by atoms with E-state index in [1.165, 1.54) is 42.3 Å². The molecule has 0 amide bonds. The van der Waals surface area contributed by atoms with E-state index in [4.69, 9.17) is 4.42 Å². The van der Waals surface area contributed by atoms with Gasteiger partial charge in [0.1, 0.15) is 11.6 Å². The quantitative estimate of drug-likeness (QED) is 0.691. The summed E-state index contributed by atoms with van der Waals surface area (Å²) in [5.74, 6) is -0.580. The molecule has 7 heteroatoms. The minimum absolute atomic E-state index is 0.0568. The van der Waals surface area contributed by atoms with E-state index in [2.05, 4.69) is 9.72 Å². The van der Waals surface area contributed by atoms with E-state index < -0.39 is 11.8 Å². The number of carbonyl (C=O) groups is 1. The van der Waals surface area contributed by atoms with Gasteiger partial charge >= 0.3 is 5.97 Å². The molecule has 0 saturated carbocycles.